The summed E-state index contributed by atoms with van der Waals surface area (Å²) >= 11 is 0. The summed E-state index contributed by atoms with van der Waals surface area (Å²) in [4.78, 5) is 0.300. The fraction of sp³-hybridized carbons (Fsp3) is 0.429. The van der Waals surface area contributed by atoms with E-state index in [4.69, 9.17) is 4.42 Å². The van der Waals surface area contributed by atoms with Crippen molar-refractivity contribution >= 4 is 10.0 Å². The van der Waals surface area contributed by atoms with Crippen molar-refractivity contribution in [2.45, 2.75) is 31.3 Å². The molecule has 0 atom stereocenters. The van der Waals surface area contributed by atoms with Gasteiger partial charge < -0.3 is 14.3 Å². The van der Waals surface area contributed by atoms with E-state index in [1.54, 1.807) is 24.6 Å². The lowest BCUT2D eigenvalue weighted by Crippen LogP contribution is -2.25. The van der Waals surface area contributed by atoms with Crippen LogP contribution in [0.5, 0.6) is 0 Å². The Labute approximate surface area is 125 Å². The van der Waals surface area contributed by atoms with Crippen molar-refractivity contribution in [3.8, 4) is 0 Å². The summed E-state index contributed by atoms with van der Waals surface area (Å²) in [6.45, 7) is 3.67. The molecule has 21 heavy (non-hydrogen) atoms. The first-order valence-corrected chi connectivity index (χ1v) is 8.41. The summed E-state index contributed by atoms with van der Waals surface area (Å²) in [5.74, 6) is 0.764. The van der Waals surface area contributed by atoms with Gasteiger partial charge in [0.1, 0.15) is 5.76 Å². The lowest BCUT2D eigenvalue weighted by atomic mass is 10.3. The van der Waals surface area contributed by atoms with Crippen LogP contribution in [0.2, 0.25) is 0 Å². The molecule has 2 rings (SSSR count). The van der Waals surface area contributed by atoms with Gasteiger partial charge in [0.05, 0.1) is 11.2 Å². The van der Waals surface area contributed by atoms with E-state index in [0.717, 1.165) is 18.0 Å². The van der Waals surface area contributed by atoms with Gasteiger partial charge in [-0.3, -0.25) is 0 Å². The normalized spacial score (nSPS) is 11.9. The second-order valence-electron chi connectivity index (χ2n) is 4.71. The van der Waals surface area contributed by atoms with E-state index < -0.39 is 10.0 Å². The third kappa shape index (κ3) is 3.96. The minimum absolute atomic E-state index is 0.300. The SMILES string of the molecule is CCn1cc(S(=O)(=O)NCCc2ccco2)cc1CNC. The molecular weight excluding hydrogens is 290 g/mol. The molecule has 2 aromatic heterocycles. The minimum Gasteiger partial charge on any atom is -0.469 e. The van der Waals surface area contributed by atoms with Gasteiger partial charge in [0.15, 0.2) is 0 Å². The summed E-state index contributed by atoms with van der Waals surface area (Å²) in [6, 6.07) is 5.32. The van der Waals surface area contributed by atoms with Gasteiger partial charge >= 0.3 is 0 Å². The van der Waals surface area contributed by atoms with Crippen molar-refractivity contribution in [2.24, 2.45) is 0 Å². The largest absolute Gasteiger partial charge is 0.469 e. The smallest absolute Gasteiger partial charge is 0.242 e. The monoisotopic (exact) mass is 311 g/mol. The molecule has 0 saturated carbocycles. The van der Waals surface area contributed by atoms with Gasteiger partial charge in [-0.05, 0) is 32.2 Å². The average Bonchev–Trinajstić information content (AvgIpc) is 3.08. The van der Waals surface area contributed by atoms with E-state index in [0.29, 0.717) is 24.4 Å². The molecule has 0 unspecified atom stereocenters. The quantitative estimate of drug-likeness (QED) is 0.771. The highest BCUT2D eigenvalue weighted by Gasteiger charge is 2.17. The van der Waals surface area contributed by atoms with Crippen molar-refractivity contribution in [2.75, 3.05) is 13.6 Å². The number of nitrogens with one attached hydrogen (secondary N) is 2. The molecule has 0 spiro atoms. The Kier molecular flexibility index (Phi) is 5.22. The molecule has 0 aliphatic rings. The van der Waals surface area contributed by atoms with Gasteiger partial charge in [-0.15, -0.1) is 0 Å². The highest BCUT2D eigenvalue weighted by Crippen LogP contribution is 2.14. The van der Waals surface area contributed by atoms with Crippen LogP contribution in [0.4, 0.5) is 0 Å². The molecule has 7 heteroatoms. The first-order valence-electron chi connectivity index (χ1n) is 6.92. The van der Waals surface area contributed by atoms with Gasteiger partial charge in [-0.2, -0.15) is 0 Å². The van der Waals surface area contributed by atoms with E-state index in [1.165, 1.54) is 0 Å². The molecular formula is C14H21N3O3S. The van der Waals surface area contributed by atoms with Crippen molar-refractivity contribution < 1.29 is 12.8 Å². The van der Waals surface area contributed by atoms with E-state index in [-0.39, 0.29) is 0 Å². The maximum absolute atomic E-state index is 12.3. The topological polar surface area (TPSA) is 76.3 Å². The Balaban J connectivity index is 2.04. The Bertz CT molecular complexity index is 660. The predicted molar refractivity (Wildman–Crippen MR) is 80.5 cm³/mol. The van der Waals surface area contributed by atoms with E-state index in [2.05, 4.69) is 10.0 Å². The Hall–Kier alpha value is -1.57. The minimum atomic E-state index is -3.48. The molecule has 2 aromatic rings. The molecule has 6 nitrogen and oxygen atoms in total. The zero-order valence-electron chi connectivity index (χ0n) is 12.3. The molecule has 0 saturated heterocycles. The summed E-state index contributed by atoms with van der Waals surface area (Å²) in [5, 5.41) is 3.04. The number of hydrogen-bond donors (Lipinski definition) is 2. The highest BCUT2D eigenvalue weighted by atomic mass is 32.2. The number of aryl methyl sites for hydroxylation is 1. The van der Waals surface area contributed by atoms with Crippen molar-refractivity contribution in [1.82, 2.24) is 14.6 Å². The molecule has 0 aliphatic heterocycles. The summed E-state index contributed by atoms with van der Waals surface area (Å²) in [7, 11) is -1.65. The molecule has 0 bridgehead atoms. The maximum atomic E-state index is 12.3. The molecule has 2 heterocycles. The van der Waals surface area contributed by atoms with E-state index in [9.17, 15) is 8.42 Å². The van der Waals surface area contributed by atoms with Crippen LogP contribution in [0, 0.1) is 0 Å². The molecule has 116 valence electrons. The van der Waals surface area contributed by atoms with Gasteiger partial charge in [0.25, 0.3) is 0 Å². The lowest BCUT2D eigenvalue weighted by molar-refractivity contribution is 0.506. The molecule has 0 radical (unpaired) electrons. The van der Waals surface area contributed by atoms with E-state index in [1.807, 2.05) is 24.6 Å². The second kappa shape index (κ2) is 6.93. The van der Waals surface area contributed by atoms with Crippen molar-refractivity contribution in [3.63, 3.8) is 0 Å². The van der Waals surface area contributed by atoms with Gasteiger partial charge in [0.2, 0.25) is 10.0 Å². The first-order chi connectivity index (χ1) is 10.1. The first kappa shape index (κ1) is 15.8. The highest BCUT2D eigenvalue weighted by molar-refractivity contribution is 7.89. The predicted octanol–water partition coefficient (Wildman–Crippen LogP) is 1.34. The zero-order valence-corrected chi connectivity index (χ0v) is 13.1. The van der Waals surface area contributed by atoms with Crippen LogP contribution >= 0.6 is 0 Å². The molecule has 0 amide bonds. The number of aromatic nitrogens is 1. The fourth-order valence-corrected chi connectivity index (χ4v) is 3.24. The summed E-state index contributed by atoms with van der Waals surface area (Å²) in [5.41, 5.74) is 0.950. The van der Waals surface area contributed by atoms with Crippen LogP contribution in [-0.2, 0) is 29.5 Å². The fourth-order valence-electron chi connectivity index (χ4n) is 2.14. The van der Waals surface area contributed by atoms with Crippen LogP contribution < -0.4 is 10.0 Å². The third-order valence-electron chi connectivity index (χ3n) is 3.21. The number of rotatable bonds is 8. The Morgan fingerprint density at radius 3 is 2.81 bits per heavy atom. The maximum Gasteiger partial charge on any atom is 0.242 e. The molecule has 0 aliphatic carbocycles. The van der Waals surface area contributed by atoms with Gasteiger partial charge in [-0.25, -0.2) is 13.1 Å². The van der Waals surface area contributed by atoms with Gasteiger partial charge in [-0.1, -0.05) is 0 Å². The molecule has 2 N–H and O–H groups in total. The summed E-state index contributed by atoms with van der Waals surface area (Å²) < 4.78 is 34.2. The third-order valence-corrected chi connectivity index (χ3v) is 4.64. The summed E-state index contributed by atoms with van der Waals surface area (Å²) in [6.07, 6.45) is 3.78. The van der Waals surface area contributed by atoms with Gasteiger partial charge in [0, 0.05) is 37.9 Å². The van der Waals surface area contributed by atoms with Crippen LogP contribution in [0.3, 0.4) is 0 Å². The standard InChI is InChI=1S/C14H21N3O3S/c1-3-17-11-14(9-12(17)10-15-2)21(18,19)16-7-6-13-5-4-8-20-13/h4-5,8-9,11,15-16H,3,6-7,10H2,1-2H3. The average molecular weight is 311 g/mol. The molecule has 0 aromatic carbocycles. The number of hydrogen-bond acceptors (Lipinski definition) is 4. The Morgan fingerprint density at radius 2 is 2.19 bits per heavy atom. The number of nitrogens with zero attached hydrogens (tertiary/aromatic N) is 1. The number of sulfonamides is 1. The Morgan fingerprint density at radius 1 is 1.38 bits per heavy atom. The van der Waals surface area contributed by atoms with Crippen molar-refractivity contribution in [3.05, 3.63) is 42.1 Å². The molecule has 0 fully saturated rings. The van der Waals surface area contributed by atoms with Crippen LogP contribution in [0.25, 0.3) is 0 Å². The van der Waals surface area contributed by atoms with Crippen LogP contribution in [0.1, 0.15) is 18.4 Å². The second-order valence-corrected chi connectivity index (χ2v) is 6.48. The lowest BCUT2D eigenvalue weighted by Gasteiger charge is -2.04. The van der Waals surface area contributed by atoms with Crippen molar-refractivity contribution in [1.29, 1.82) is 0 Å². The van der Waals surface area contributed by atoms with Crippen LogP contribution in [0.15, 0.2) is 40.0 Å². The van der Waals surface area contributed by atoms with Crippen LogP contribution in [-0.4, -0.2) is 26.6 Å². The number of furan rings is 1. The van der Waals surface area contributed by atoms with E-state index >= 15 is 0 Å². The zero-order chi connectivity index (χ0) is 15.3.